The molecule has 0 spiro atoms. The molecule has 2 aliphatic rings. The number of Topliss-reactive ketones (excluding diaryl/α,β-unsaturated/α-hetero) is 1. The van der Waals surface area contributed by atoms with Crippen LogP contribution in [0.2, 0.25) is 0 Å². The number of aryl methyl sites for hydroxylation is 1. The summed E-state index contributed by atoms with van der Waals surface area (Å²) in [5.74, 6) is 0.280. The van der Waals surface area contributed by atoms with E-state index in [2.05, 4.69) is 86.8 Å². The summed E-state index contributed by atoms with van der Waals surface area (Å²) >= 11 is 0. The third kappa shape index (κ3) is 2.67. The second-order valence-electron chi connectivity index (χ2n) is 9.03. The molecular formula is C26H25NO. The summed E-state index contributed by atoms with van der Waals surface area (Å²) in [4.78, 5) is 13.3. The molecule has 0 saturated heterocycles. The van der Waals surface area contributed by atoms with Gasteiger partial charge in [0.15, 0.2) is 5.78 Å². The van der Waals surface area contributed by atoms with Gasteiger partial charge in [-0.25, -0.2) is 0 Å². The van der Waals surface area contributed by atoms with Crippen LogP contribution in [0.3, 0.4) is 0 Å². The molecule has 5 rings (SSSR count). The smallest absolute Gasteiger partial charge is 0.162 e. The van der Waals surface area contributed by atoms with Crippen LogP contribution in [-0.2, 0) is 4.79 Å². The standard InChI is InChI=1S/C26H25NO/c1-16-8-10-18(11-9-16)25-24-20(14-26(2,3)15-22(24)28)23-19-7-5-4-6-17(19)12-13-21(23)27-25/h4-13,25,27H,14-15H2,1-3H3/t25-/m0/s1. The van der Waals surface area contributed by atoms with Crippen LogP contribution in [0.4, 0.5) is 5.69 Å². The normalized spacial score (nSPS) is 20.5. The lowest BCUT2D eigenvalue weighted by Gasteiger charge is -2.40. The van der Waals surface area contributed by atoms with Crippen molar-refractivity contribution in [3.05, 3.63) is 82.9 Å². The maximum atomic E-state index is 13.3. The SMILES string of the molecule is Cc1ccc([C@@H]2Nc3ccc4ccccc4c3C3=C2C(=O)CC(C)(C)C3)cc1. The summed E-state index contributed by atoms with van der Waals surface area (Å²) in [6, 6.07) is 21.3. The summed E-state index contributed by atoms with van der Waals surface area (Å²) in [5.41, 5.74) is 6.93. The summed E-state index contributed by atoms with van der Waals surface area (Å²) in [6.07, 6.45) is 1.54. The number of fused-ring (bicyclic) bond motifs is 4. The van der Waals surface area contributed by atoms with Gasteiger partial charge in [-0.15, -0.1) is 0 Å². The van der Waals surface area contributed by atoms with E-state index >= 15 is 0 Å². The monoisotopic (exact) mass is 367 g/mol. The van der Waals surface area contributed by atoms with Crippen LogP contribution in [-0.4, -0.2) is 5.78 Å². The molecule has 1 aliphatic carbocycles. The van der Waals surface area contributed by atoms with Crippen molar-refractivity contribution in [1.29, 1.82) is 0 Å². The van der Waals surface area contributed by atoms with E-state index in [9.17, 15) is 4.79 Å². The van der Waals surface area contributed by atoms with Gasteiger partial charge in [-0.3, -0.25) is 4.79 Å². The number of allylic oxidation sites excluding steroid dienone is 1. The van der Waals surface area contributed by atoms with Gasteiger partial charge in [0, 0.05) is 23.2 Å². The van der Waals surface area contributed by atoms with Gasteiger partial charge in [-0.1, -0.05) is 74.0 Å². The van der Waals surface area contributed by atoms with Gasteiger partial charge >= 0.3 is 0 Å². The summed E-state index contributed by atoms with van der Waals surface area (Å²) in [5, 5.41) is 6.15. The number of hydrogen-bond acceptors (Lipinski definition) is 2. The molecule has 140 valence electrons. The van der Waals surface area contributed by atoms with Crippen molar-refractivity contribution >= 4 is 27.8 Å². The van der Waals surface area contributed by atoms with Crippen molar-refractivity contribution < 1.29 is 4.79 Å². The first kappa shape index (κ1) is 17.2. The summed E-state index contributed by atoms with van der Waals surface area (Å²) in [7, 11) is 0. The quantitative estimate of drug-likeness (QED) is 0.535. The minimum Gasteiger partial charge on any atom is -0.373 e. The fourth-order valence-electron chi connectivity index (χ4n) is 4.85. The maximum Gasteiger partial charge on any atom is 0.162 e. The van der Waals surface area contributed by atoms with Crippen LogP contribution in [0, 0.1) is 12.3 Å². The van der Waals surface area contributed by atoms with Crippen LogP contribution >= 0.6 is 0 Å². The van der Waals surface area contributed by atoms with Crippen molar-refractivity contribution in [2.45, 2.75) is 39.7 Å². The molecule has 3 aromatic rings. The average Bonchev–Trinajstić information content (AvgIpc) is 2.66. The molecule has 0 radical (unpaired) electrons. The molecule has 2 heteroatoms. The lowest BCUT2D eigenvalue weighted by atomic mass is 9.68. The van der Waals surface area contributed by atoms with E-state index < -0.39 is 0 Å². The molecule has 0 saturated carbocycles. The minimum atomic E-state index is -0.0761. The van der Waals surface area contributed by atoms with Crippen molar-refractivity contribution in [2.75, 3.05) is 5.32 Å². The Balaban J connectivity index is 1.79. The van der Waals surface area contributed by atoms with Gasteiger partial charge in [0.1, 0.15) is 0 Å². The van der Waals surface area contributed by atoms with E-state index in [1.165, 1.54) is 27.5 Å². The number of anilines is 1. The van der Waals surface area contributed by atoms with Gasteiger partial charge in [-0.2, -0.15) is 0 Å². The first-order chi connectivity index (χ1) is 13.4. The van der Waals surface area contributed by atoms with E-state index in [1.54, 1.807) is 0 Å². The Labute approximate surface area is 166 Å². The second-order valence-corrected chi connectivity index (χ2v) is 9.03. The van der Waals surface area contributed by atoms with Crippen LogP contribution in [0.15, 0.2) is 66.2 Å². The van der Waals surface area contributed by atoms with Gasteiger partial charge < -0.3 is 5.32 Å². The molecule has 1 heterocycles. The van der Waals surface area contributed by atoms with Gasteiger partial charge in [0.25, 0.3) is 0 Å². The lowest BCUT2D eigenvalue weighted by molar-refractivity contribution is -0.118. The predicted molar refractivity (Wildman–Crippen MR) is 116 cm³/mol. The van der Waals surface area contributed by atoms with Gasteiger partial charge in [0.05, 0.1) is 6.04 Å². The van der Waals surface area contributed by atoms with Crippen LogP contribution in [0.25, 0.3) is 16.3 Å². The molecule has 1 aliphatic heterocycles. The molecule has 0 bridgehead atoms. The van der Waals surface area contributed by atoms with Gasteiger partial charge in [0.2, 0.25) is 0 Å². The zero-order valence-corrected chi connectivity index (χ0v) is 16.7. The zero-order chi connectivity index (χ0) is 19.5. The van der Waals surface area contributed by atoms with E-state index in [-0.39, 0.29) is 17.2 Å². The number of ketones is 1. The summed E-state index contributed by atoms with van der Waals surface area (Å²) in [6.45, 7) is 6.52. The zero-order valence-electron chi connectivity index (χ0n) is 16.7. The Morgan fingerprint density at radius 2 is 1.68 bits per heavy atom. The molecule has 1 atom stereocenters. The van der Waals surface area contributed by atoms with Crippen molar-refractivity contribution in [3.8, 4) is 0 Å². The molecule has 0 amide bonds. The average molecular weight is 367 g/mol. The van der Waals surface area contributed by atoms with E-state index in [0.717, 1.165) is 23.2 Å². The number of carbonyl (C=O) groups is 1. The number of carbonyl (C=O) groups excluding carboxylic acids is 1. The molecule has 2 nitrogen and oxygen atoms in total. The Kier molecular flexibility index (Phi) is 3.74. The van der Waals surface area contributed by atoms with E-state index in [1.807, 2.05) is 0 Å². The van der Waals surface area contributed by atoms with Crippen molar-refractivity contribution in [1.82, 2.24) is 0 Å². The van der Waals surface area contributed by atoms with Gasteiger partial charge in [-0.05, 0) is 46.7 Å². The number of rotatable bonds is 1. The Morgan fingerprint density at radius 1 is 0.929 bits per heavy atom. The predicted octanol–water partition coefficient (Wildman–Crippen LogP) is 6.46. The maximum absolute atomic E-state index is 13.3. The minimum absolute atomic E-state index is 0.0146. The van der Waals surface area contributed by atoms with E-state index in [0.29, 0.717) is 6.42 Å². The topological polar surface area (TPSA) is 29.1 Å². The number of hydrogen-bond donors (Lipinski definition) is 1. The largest absolute Gasteiger partial charge is 0.373 e. The van der Waals surface area contributed by atoms with Crippen molar-refractivity contribution in [3.63, 3.8) is 0 Å². The van der Waals surface area contributed by atoms with Crippen LogP contribution in [0.5, 0.6) is 0 Å². The Hall–Kier alpha value is -2.87. The summed E-state index contributed by atoms with van der Waals surface area (Å²) < 4.78 is 0. The van der Waals surface area contributed by atoms with E-state index in [4.69, 9.17) is 0 Å². The Morgan fingerprint density at radius 3 is 2.46 bits per heavy atom. The first-order valence-corrected chi connectivity index (χ1v) is 10.0. The Bertz CT molecular complexity index is 1130. The molecule has 0 aromatic heterocycles. The molecule has 1 N–H and O–H groups in total. The second kappa shape index (κ2) is 6.07. The molecule has 3 aromatic carbocycles. The third-order valence-electron chi connectivity index (χ3n) is 6.15. The lowest BCUT2D eigenvalue weighted by Crippen LogP contribution is -2.33. The fraction of sp³-hybridized carbons (Fsp3) is 0.269. The number of nitrogens with one attached hydrogen (secondary N) is 1. The van der Waals surface area contributed by atoms with Crippen LogP contribution in [0.1, 0.15) is 49.4 Å². The fourth-order valence-corrected chi connectivity index (χ4v) is 4.85. The number of benzene rings is 3. The van der Waals surface area contributed by atoms with Crippen molar-refractivity contribution in [2.24, 2.45) is 5.41 Å². The highest BCUT2D eigenvalue weighted by Crippen LogP contribution is 2.51. The first-order valence-electron chi connectivity index (χ1n) is 10.0. The molecule has 28 heavy (non-hydrogen) atoms. The third-order valence-corrected chi connectivity index (χ3v) is 6.15. The van der Waals surface area contributed by atoms with Crippen LogP contribution < -0.4 is 5.32 Å². The highest BCUT2D eigenvalue weighted by molar-refractivity contribution is 6.12. The molecule has 0 unspecified atom stereocenters. The highest BCUT2D eigenvalue weighted by Gasteiger charge is 2.40. The molecular weight excluding hydrogens is 342 g/mol. The highest BCUT2D eigenvalue weighted by atomic mass is 16.1. The molecule has 0 fully saturated rings.